The van der Waals surface area contributed by atoms with Crippen LogP contribution in [0.2, 0.25) is 0 Å². The van der Waals surface area contributed by atoms with Gasteiger partial charge in [-0.3, -0.25) is 9.59 Å². The standard InChI is InChI=1S/C22H26N2O2S/c1-23-21(26)22(11-12-24(15-22)20(25)16-7-4-8-16)14-17-6-2-3-9-18(17)19-10-5-13-27-19/h2-3,5-6,9-10,13,16H,4,7-8,11-12,14-15H2,1H3,(H,23,26). The topological polar surface area (TPSA) is 49.4 Å². The Hall–Kier alpha value is -2.14. The van der Waals surface area contributed by atoms with Gasteiger partial charge in [0.05, 0.1) is 5.41 Å². The van der Waals surface area contributed by atoms with Gasteiger partial charge in [-0.05, 0) is 48.3 Å². The van der Waals surface area contributed by atoms with Crippen molar-refractivity contribution in [2.45, 2.75) is 32.1 Å². The van der Waals surface area contributed by atoms with Gasteiger partial charge in [-0.1, -0.05) is 36.8 Å². The molecule has 1 N–H and O–H groups in total. The van der Waals surface area contributed by atoms with Gasteiger partial charge in [0, 0.05) is 30.9 Å². The van der Waals surface area contributed by atoms with E-state index in [2.05, 4.69) is 35.0 Å². The molecule has 4 nitrogen and oxygen atoms in total. The zero-order valence-electron chi connectivity index (χ0n) is 15.7. The number of nitrogens with one attached hydrogen (secondary N) is 1. The van der Waals surface area contributed by atoms with Crippen LogP contribution in [0.25, 0.3) is 10.4 Å². The Labute approximate surface area is 164 Å². The Morgan fingerprint density at radius 2 is 2.04 bits per heavy atom. The summed E-state index contributed by atoms with van der Waals surface area (Å²) >= 11 is 1.72. The molecular weight excluding hydrogens is 356 g/mol. The molecule has 4 rings (SSSR count). The monoisotopic (exact) mass is 382 g/mol. The lowest BCUT2D eigenvalue weighted by atomic mass is 9.78. The van der Waals surface area contributed by atoms with Crippen molar-refractivity contribution in [3.8, 4) is 10.4 Å². The second-order valence-corrected chi connectivity index (χ2v) is 8.76. The van der Waals surface area contributed by atoms with E-state index in [0.717, 1.165) is 25.7 Å². The fourth-order valence-corrected chi connectivity index (χ4v) is 5.15. The first kappa shape index (κ1) is 18.2. The number of thiophene rings is 1. The van der Waals surface area contributed by atoms with Gasteiger partial charge in [0.15, 0.2) is 0 Å². The van der Waals surface area contributed by atoms with Crippen LogP contribution in [-0.2, 0) is 16.0 Å². The third kappa shape index (κ3) is 3.41. The van der Waals surface area contributed by atoms with Crippen LogP contribution in [0.15, 0.2) is 41.8 Å². The summed E-state index contributed by atoms with van der Waals surface area (Å²) in [5.74, 6) is 0.481. The maximum absolute atomic E-state index is 12.9. The summed E-state index contributed by atoms with van der Waals surface area (Å²) in [5, 5.41) is 4.94. The van der Waals surface area contributed by atoms with Crippen LogP contribution in [0.4, 0.5) is 0 Å². The molecule has 1 saturated heterocycles. The second kappa shape index (κ2) is 7.47. The van der Waals surface area contributed by atoms with Gasteiger partial charge in [0.25, 0.3) is 0 Å². The van der Waals surface area contributed by atoms with E-state index < -0.39 is 5.41 Å². The summed E-state index contributed by atoms with van der Waals surface area (Å²) in [6.45, 7) is 1.21. The lowest BCUT2D eigenvalue weighted by Crippen LogP contribution is -2.45. The van der Waals surface area contributed by atoms with Crippen molar-refractivity contribution in [1.82, 2.24) is 10.2 Å². The van der Waals surface area contributed by atoms with Crippen molar-refractivity contribution >= 4 is 23.2 Å². The van der Waals surface area contributed by atoms with Crippen molar-refractivity contribution in [2.24, 2.45) is 11.3 Å². The highest BCUT2D eigenvalue weighted by Crippen LogP contribution is 2.40. The van der Waals surface area contributed by atoms with Crippen LogP contribution >= 0.6 is 11.3 Å². The highest BCUT2D eigenvalue weighted by atomic mass is 32.1. The van der Waals surface area contributed by atoms with Crippen molar-refractivity contribution in [2.75, 3.05) is 20.1 Å². The Morgan fingerprint density at radius 1 is 1.22 bits per heavy atom. The molecule has 1 aliphatic carbocycles. The van der Waals surface area contributed by atoms with Gasteiger partial charge in [-0.25, -0.2) is 0 Å². The summed E-state index contributed by atoms with van der Waals surface area (Å²) in [6, 6.07) is 12.5. The molecule has 2 fully saturated rings. The number of benzene rings is 1. The van der Waals surface area contributed by atoms with Gasteiger partial charge < -0.3 is 10.2 Å². The number of carbonyl (C=O) groups is 2. The number of nitrogens with zero attached hydrogens (tertiary/aromatic N) is 1. The number of rotatable bonds is 5. The molecule has 2 amide bonds. The third-order valence-electron chi connectivity index (χ3n) is 6.16. The van der Waals surface area contributed by atoms with Crippen LogP contribution in [-0.4, -0.2) is 36.9 Å². The highest BCUT2D eigenvalue weighted by Gasteiger charge is 2.47. The first-order valence-electron chi connectivity index (χ1n) is 9.76. The predicted molar refractivity (Wildman–Crippen MR) is 108 cm³/mol. The molecule has 1 unspecified atom stereocenters. The van der Waals surface area contributed by atoms with E-state index in [4.69, 9.17) is 0 Å². The Bertz CT molecular complexity index is 829. The second-order valence-electron chi connectivity index (χ2n) is 7.81. The van der Waals surface area contributed by atoms with Crippen LogP contribution in [0, 0.1) is 11.3 Å². The summed E-state index contributed by atoms with van der Waals surface area (Å²) < 4.78 is 0. The molecule has 5 heteroatoms. The lowest BCUT2D eigenvalue weighted by molar-refractivity contribution is -0.138. The van der Waals surface area contributed by atoms with Crippen LogP contribution in [0.1, 0.15) is 31.2 Å². The minimum absolute atomic E-state index is 0.0485. The van der Waals surface area contributed by atoms with E-state index in [9.17, 15) is 9.59 Å². The molecule has 2 heterocycles. The fourth-order valence-electron chi connectivity index (χ4n) is 4.36. The van der Waals surface area contributed by atoms with Crippen LogP contribution in [0.5, 0.6) is 0 Å². The molecule has 0 bridgehead atoms. The molecule has 0 radical (unpaired) electrons. The van der Waals surface area contributed by atoms with Crippen LogP contribution < -0.4 is 5.32 Å². The molecule has 1 saturated carbocycles. The zero-order valence-corrected chi connectivity index (χ0v) is 16.6. The smallest absolute Gasteiger partial charge is 0.228 e. The molecule has 1 aromatic carbocycles. The van der Waals surface area contributed by atoms with E-state index in [1.165, 1.54) is 16.0 Å². The van der Waals surface area contributed by atoms with Gasteiger partial charge in [0.2, 0.25) is 11.8 Å². The van der Waals surface area contributed by atoms with Crippen molar-refractivity contribution in [3.63, 3.8) is 0 Å². The van der Waals surface area contributed by atoms with Gasteiger partial charge in [-0.15, -0.1) is 11.3 Å². The minimum atomic E-state index is -0.540. The van der Waals surface area contributed by atoms with E-state index in [1.54, 1.807) is 18.4 Å². The first-order valence-corrected chi connectivity index (χ1v) is 10.6. The number of carbonyl (C=O) groups excluding carboxylic acids is 2. The van der Waals surface area contributed by atoms with E-state index in [1.807, 2.05) is 17.0 Å². The van der Waals surface area contributed by atoms with E-state index in [-0.39, 0.29) is 17.7 Å². The molecule has 2 aromatic rings. The number of hydrogen-bond donors (Lipinski definition) is 1. The highest BCUT2D eigenvalue weighted by molar-refractivity contribution is 7.13. The molecular formula is C22H26N2O2S. The van der Waals surface area contributed by atoms with Crippen molar-refractivity contribution in [3.05, 3.63) is 47.3 Å². The molecule has 1 aliphatic heterocycles. The average molecular weight is 383 g/mol. The van der Waals surface area contributed by atoms with Gasteiger partial charge in [0.1, 0.15) is 0 Å². The summed E-state index contributed by atoms with van der Waals surface area (Å²) in [7, 11) is 1.70. The molecule has 27 heavy (non-hydrogen) atoms. The fraction of sp³-hybridized carbons (Fsp3) is 0.455. The lowest BCUT2D eigenvalue weighted by Gasteiger charge is -2.32. The van der Waals surface area contributed by atoms with Crippen LogP contribution in [0.3, 0.4) is 0 Å². The average Bonchev–Trinajstić information content (AvgIpc) is 3.31. The first-order chi connectivity index (χ1) is 13.1. The van der Waals surface area contributed by atoms with Gasteiger partial charge >= 0.3 is 0 Å². The molecule has 0 spiro atoms. The number of amides is 2. The maximum atomic E-state index is 12.9. The Balaban J connectivity index is 1.61. The molecule has 1 aromatic heterocycles. The van der Waals surface area contributed by atoms with Gasteiger partial charge in [-0.2, -0.15) is 0 Å². The van der Waals surface area contributed by atoms with E-state index in [0.29, 0.717) is 19.5 Å². The predicted octanol–water partition coefficient (Wildman–Crippen LogP) is 3.72. The third-order valence-corrected chi connectivity index (χ3v) is 7.06. The van der Waals surface area contributed by atoms with Crippen molar-refractivity contribution < 1.29 is 9.59 Å². The summed E-state index contributed by atoms with van der Waals surface area (Å²) in [6.07, 6.45) is 4.55. The normalized spacial score (nSPS) is 22.5. The Kier molecular flexibility index (Phi) is 5.04. The van der Waals surface area contributed by atoms with Crippen molar-refractivity contribution in [1.29, 1.82) is 0 Å². The minimum Gasteiger partial charge on any atom is -0.359 e. The quantitative estimate of drug-likeness (QED) is 0.857. The van der Waals surface area contributed by atoms with E-state index >= 15 is 0 Å². The Morgan fingerprint density at radius 3 is 2.70 bits per heavy atom. The molecule has 142 valence electrons. The molecule has 1 atom stereocenters. The summed E-state index contributed by atoms with van der Waals surface area (Å²) in [5.41, 5.74) is 1.84. The zero-order chi connectivity index (χ0) is 18.9. The summed E-state index contributed by atoms with van der Waals surface area (Å²) in [4.78, 5) is 28.8. The SMILES string of the molecule is CNC(=O)C1(Cc2ccccc2-c2cccs2)CCN(C(=O)C2CCC2)C1. The molecule has 2 aliphatic rings. The largest absolute Gasteiger partial charge is 0.359 e. The maximum Gasteiger partial charge on any atom is 0.228 e. The number of likely N-dealkylation sites (tertiary alicyclic amines) is 1. The number of hydrogen-bond acceptors (Lipinski definition) is 3.